The highest BCUT2D eigenvalue weighted by atomic mass is 19.4. The standard InChI is InChI=1S/C28H28F7NO4.C26H26F7NO3/c1-14(17-9-18(27(30,31)32)11-19(10-17)28(33,34)35)39-22-13-36-21(23(22)16-5-7-20(29)8-6-16)12-26(3,4)24(25(36)38)40-15(2)37;1-13(15-8-16(25(28,29)30)10-17(9-15)26(31,32)33)37-20-12-34-19(11-24(2,3)22(35)23(34)36)21(20)14-4-6-18(27)7-5-14/h5-11,14,21-24H,12-13H2,1-4H3;4-10,13,19-22,35H,11-12H2,1-3H3/t14-,21?,22?,23+,24?;13-,19?,20?,21+,22?/m11/s1. The van der Waals surface area contributed by atoms with E-state index in [-0.39, 0.29) is 36.3 Å². The Hall–Kier alpha value is -5.81. The normalized spacial score (nSPS) is 26.1. The molecule has 0 spiro atoms. The molecule has 2 amide bonds. The first-order valence-corrected chi connectivity index (χ1v) is 24.2. The zero-order valence-corrected chi connectivity index (χ0v) is 42.3. The number of alkyl halides is 12. The number of benzene rings is 4. The summed E-state index contributed by atoms with van der Waals surface area (Å²) in [6.07, 6.45) is -25.9. The Balaban J connectivity index is 0.000000224. The molecule has 6 unspecified atom stereocenters. The highest BCUT2D eigenvalue weighted by molar-refractivity contribution is 5.86. The van der Waals surface area contributed by atoms with E-state index in [0.29, 0.717) is 48.2 Å². The summed E-state index contributed by atoms with van der Waals surface area (Å²) in [5.74, 6) is -3.81. The lowest BCUT2D eigenvalue weighted by atomic mass is 9.72. The Bertz CT molecular complexity index is 2750. The molecule has 1 N–H and O–H groups in total. The van der Waals surface area contributed by atoms with Crippen LogP contribution >= 0.6 is 0 Å². The van der Waals surface area contributed by atoms with Gasteiger partial charge in [0.05, 0.1) is 46.7 Å². The van der Waals surface area contributed by atoms with E-state index < -0.39 is 148 Å². The van der Waals surface area contributed by atoms with Gasteiger partial charge in [0, 0.05) is 54.8 Å². The maximum atomic E-state index is 13.7. The van der Waals surface area contributed by atoms with Crippen LogP contribution in [0.1, 0.15) is 130 Å². The lowest BCUT2D eigenvalue weighted by Crippen LogP contribution is -2.57. The third-order valence-corrected chi connectivity index (χ3v) is 14.8. The SMILES string of the molecule is CC(=O)OC1C(=O)N2CC(O[C@H](C)c3cc(C(F)(F)F)cc(C(F)(F)F)c3)[C@@H](c3ccc(F)cc3)C2CC1(C)C.C[C@@H](OC1CN2C(=O)C(O)C(C)(C)CC2[C@@H]1c1ccc(F)cc1)c1cc(C(F)(F)F)cc(C(F)(F)F)c1. The van der Waals surface area contributed by atoms with Crippen molar-refractivity contribution in [2.45, 2.75) is 147 Å². The van der Waals surface area contributed by atoms with Crippen LogP contribution < -0.4 is 0 Å². The quantitative estimate of drug-likeness (QED) is 0.131. The number of amides is 2. The maximum absolute atomic E-state index is 13.7. The van der Waals surface area contributed by atoms with Crippen molar-refractivity contribution in [1.82, 2.24) is 9.80 Å². The van der Waals surface area contributed by atoms with Gasteiger partial charge in [0.1, 0.15) is 17.7 Å². The fraction of sp³-hybridized carbons (Fsp3) is 0.500. The van der Waals surface area contributed by atoms with Gasteiger partial charge in [-0.05, 0) is 110 Å². The van der Waals surface area contributed by atoms with E-state index >= 15 is 0 Å². The number of fused-ring (bicyclic) bond motifs is 2. The van der Waals surface area contributed by atoms with Crippen molar-refractivity contribution in [3.63, 3.8) is 0 Å². The van der Waals surface area contributed by atoms with Crippen molar-refractivity contribution in [2.24, 2.45) is 10.8 Å². The first-order valence-electron chi connectivity index (χ1n) is 24.2. The molecule has 0 saturated carbocycles. The van der Waals surface area contributed by atoms with Crippen molar-refractivity contribution in [3.05, 3.63) is 141 Å². The van der Waals surface area contributed by atoms with Crippen LogP contribution in [-0.4, -0.2) is 82.3 Å². The third kappa shape index (κ3) is 12.7. The highest BCUT2D eigenvalue weighted by Gasteiger charge is 2.58. The fourth-order valence-corrected chi connectivity index (χ4v) is 11.0. The number of hydrogen-bond acceptors (Lipinski definition) is 7. The number of esters is 1. The van der Waals surface area contributed by atoms with Crippen molar-refractivity contribution in [1.29, 1.82) is 0 Å². The van der Waals surface area contributed by atoms with Crippen LogP contribution in [0.15, 0.2) is 84.9 Å². The molecule has 4 aliphatic heterocycles. The average Bonchev–Trinajstić information content (AvgIpc) is 3.91. The van der Waals surface area contributed by atoms with Gasteiger partial charge in [0.2, 0.25) is 0 Å². The number of halogens is 14. The second-order valence-electron chi connectivity index (χ2n) is 21.4. The number of rotatable bonds is 9. The van der Waals surface area contributed by atoms with Crippen LogP contribution in [0.3, 0.4) is 0 Å². The Morgan fingerprint density at radius 2 is 0.883 bits per heavy atom. The molecule has 4 aliphatic rings. The molecule has 10 atom stereocenters. The summed E-state index contributed by atoms with van der Waals surface area (Å²) >= 11 is 0. The second-order valence-corrected chi connectivity index (χ2v) is 21.4. The van der Waals surface area contributed by atoms with Crippen LogP contribution in [0.25, 0.3) is 0 Å². The van der Waals surface area contributed by atoms with E-state index in [1.165, 1.54) is 79.1 Å². The van der Waals surface area contributed by atoms with Gasteiger partial charge in [-0.15, -0.1) is 0 Å². The molecule has 4 aromatic carbocycles. The molecule has 0 bridgehead atoms. The van der Waals surface area contributed by atoms with E-state index in [9.17, 15) is 81.0 Å². The Kier molecular flexibility index (Phi) is 16.1. The van der Waals surface area contributed by atoms with E-state index in [0.717, 1.165) is 0 Å². The average molecular weight is 1110 g/mol. The molecule has 420 valence electrons. The number of nitrogens with zero attached hydrogens (tertiary/aromatic N) is 2. The molecular weight excluding hydrogens is 1050 g/mol. The topological polar surface area (TPSA) is 106 Å². The summed E-state index contributed by atoms with van der Waals surface area (Å²) in [5.41, 5.74) is -6.90. The summed E-state index contributed by atoms with van der Waals surface area (Å²) in [6, 6.07) is 12.5. The molecule has 4 fully saturated rings. The van der Waals surface area contributed by atoms with Crippen LogP contribution in [-0.2, 0) is 53.3 Å². The van der Waals surface area contributed by atoms with Crippen molar-refractivity contribution in [2.75, 3.05) is 13.1 Å². The summed E-state index contributed by atoms with van der Waals surface area (Å²) in [4.78, 5) is 41.1. The lowest BCUT2D eigenvalue weighted by molar-refractivity contribution is -0.174. The van der Waals surface area contributed by atoms with Crippen LogP contribution in [0.4, 0.5) is 61.5 Å². The van der Waals surface area contributed by atoms with Crippen molar-refractivity contribution < 1.29 is 95.2 Å². The first kappa shape index (κ1) is 58.9. The fourth-order valence-electron chi connectivity index (χ4n) is 11.0. The van der Waals surface area contributed by atoms with Gasteiger partial charge in [-0.2, -0.15) is 52.7 Å². The zero-order chi connectivity index (χ0) is 57.3. The Labute approximate surface area is 433 Å². The Morgan fingerprint density at radius 3 is 1.21 bits per heavy atom. The maximum Gasteiger partial charge on any atom is 0.416 e. The summed E-state index contributed by atoms with van der Waals surface area (Å²) < 4.78 is 206. The molecular formula is C54H54F14N2O7. The van der Waals surface area contributed by atoms with E-state index in [4.69, 9.17) is 14.2 Å². The first-order chi connectivity index (χ1) is 35.4. The number of aliphatic hydroxyl groups is 1. The van der Waals surface area contributed by atoms with Crippen LogP contribution in [0, 0.1) is 22.5 Å². The number of aliphatic hydroxyl groups excluding tert-OH is 1. The van der Waals surface area contributed by atoms with E-state index in [1.54, 1.807) is 27.7 Å². The van der Waals surface area contributed by atoms with Gasteiger partial charge in [-0.1, -0.05) is 52.0 Å². The minimum absolute atomic E-state index is 0.0336. The number of ether oxygens (including phenoxy) is 3. The highest BCUT2D eigenvalue weighted by Crippen LogP contribution is 2.50. The number of carbonyl (C=O) groups is 3. The van der Waals surface area contributed by atoms with Gasteiger partial charge < -0.3 is 29.1 Å². The molecule has 77 heavy (non-hydrogen) atoms. The largest absolute Gasteiger partial charge is 0.452 e. The molecule has 9 nitrogen and oxygen atoms in total. The summed E-state index contributed by atoms with van der Waals surface area (Å²) in [6.45, 7) is 10.7. The molecule has 4 heterocycles. The monoisotopic (exact) mass is 1110 g/mol. The zero-order valence-electron chi connectivity index (χ0n) is 42.3. The Morgan fingerprint density at radius 1 is 0.558 bits per heavy atom. The molecule has 0 radical (unpaired) electrons. The van der Waals surface area contributed by atoms with Gasteiger partial charge in [-0.25, -0.2) is 8.78 Å². The summed E-state index contributed by atoms with van der Waals surface area (Å²) in [7, 11) is 0. The van der Waals surface area contributed by atoms with Crippen LogP contribution in [0.5, 0.6) is 0 Å². The van der Waals surface area contributed by atoms with Gasteiger partial charge in [-0.3, -0.25) is 14.4 Å². The molecule has 0 aliphatic carbocycles. The van der Waals surface area contributed by atoms with E-state index in [2.05, 4.69) is 0 Å². The van der Waals surface area contributed by atoms with Crippen molar-refractivity contribution >= 4 is 17.8 Å². The minimum Gasteiger partial charge on any atom is -0.452 e. The molecule has 4 aromatic rings. The number of piperidine rings is 2. The van der Waals surface area contributed by atoms with Crippen LogP contribution in [0.2, 0.25) is 0 Å². The van der Waals surface area contributed by atoms with Gasteiger partial charge in [0.25, 0.3) is 11.8 Å². The van der Waals surface area contributed by atoms with Gasteiger partial charge >= 0.3 is 30.7 Å². The lowest BCUT2D eigenvalue weighted by Gasteiger charge is -2.45. The summed E-state index contributed by atoms with van der Waals surface area (Å²) in [5, 5.41) is 10.5. The molecule has 0 aromatic heterocycles. The number of carbonyl (C=O) groups excluding carboxylic acids is 3. The van der Waals surface area contributed by atoms with Gasteiger partial charge in [0.15, 0.2) is 6.10 Å². The predicted octanol–water partition coefficient (Wildman–Crippen LogP) is 12.8. The predicted molar refractivity (Wildman–Crippen MR) is 247 cm³/mol. The molecule has 23 heteroatoms. The molecule has 4 saturated heterocycles. The number of hydrogen-bond donors (Lipinski definition) is 1. The smallest absolute Gasteiger partial charge is 0.416 e. The van der Waals surface area contributed by atoms with Crippen molar-refractivity contribution in [3.8, 4) is 0 Å². The minimum atomic E-state index is -5.02. The molecule has 8 rings (SSSR count). The van der Waals surface area contributed by atoms with E-state index in [1.807, 2.05) is 0 Å². The second kappa shape index (κ2) is 21.1. The third-order valence-electron chi connectivity index (χ3n) is 14.8.